The molecule has 0 unspecified atom stereocenters. The third kappa shape index (κ3) is 5.16. The topological polar surface area (TPSA) is 66.5 Å². The van der Waals surface area contributed by atoms with Crippen molar-refractivity contribution in [2.75, 3.05) is 12.3 Å². The number of carbonyl (C=O) groups is 3. The molecule has 1 saturated heterocycles. The lowest BCUT2D eigenvalue weighted by atomic mass is 9.91. The van der Waals surface area contributed by atoms with E-state index < -0.39 is 5.41 Å². The Kier molecular flexibility index (Phi) is 6.66. The maximum atomic E-state index is 12.1. The van der Waals surface area contributed by atoms with Crippen molar-refractivity contribution < 1.29 is 14.4 Å². The van der Waals surface area contributed by atoms with E-state index in [1.54, 1.807) is 0 Å². The quantitative estimate of drug-likeness (QED) is 0.761. The molecule has 0 bridgehead atoms. The van der Waals surface area contributed by atoms with Gasteiger partial charge in [0.25, 0.3) is 0 Å². The summed E-state index contributed by atoms with van der Waals surface area (Å²) in [6.07, 6.45) is 3.20. The minimum absolute atomic E-state index is 0.0222. The normalized spacial score (nSPS) is 17.5. The van der Waals surface area contributed by atoms with Gasteiger partial charge >= 0.3 is 0 Å². The molecule has 1 N–H and O–H groups in total. The van der Waals surface area contributed by atoms with Crippen molar-refractivity contribution in [1.29, 1.82) is 0 Å². The standard InChI is InChI=1S/C16H26N2O3S/c1-6-11(7-2)17-13(20)9-18-14(21)10-22-15(18)8-12(19)16(3,4)5/h8,11H,6-7,9-10H2,1-5H3,(H,17,20)/b15-8-. The van der Waals surface area contributed by atoms with Gasteiger partial charge < -0.3 is 5.32 Å². The Morgan fingerprint density at radius 1 is 1.32 bits per heavy atom. The number of hydrogen-bond acceptors (Lipinski definition) is 4. The molecule has 0 aromatic carbocycles. The Bertz CT molecular complexity index is 476. The second-order valence-electron chi connectivity index (χ2n) is 6.45. The summed E-state index contributed by atoms with van der Waals surface area (Å²) in [5, 5.41) is 3.49. The molecule has 0 aliphatic carbocycles. The summed E-state index contributed by atoms with van der Waals surface area (Å²) in [5.41, 5.74) is -0.497. The molecule has 0 aromatic rings. The number of thioether (sulfide) groups is 1. The third-order valence-electron chi connectivity index (χ3n) is 3.56. The van der Waals surface area contributed by atoms with Crippen molar-refractivity contribution in [2.45, 2.75) is 53.5 Å². The van der Waals surface area contributed by atoms with E-state index in [0.717, 1.165) is 12.8 Å². The monoisotopic (exact) mass is 326 g/mol. The molecule has 0 atom stereocenters. The predicted molar refractivity (Wildman–Crippen MR) is 89.2 cm³/mol. The van der Waals surface area contributed by atoms with Crippen LogP contribution in [0.4, 0.5) is 0 Å². The lowest BCUT2D eigenvalue weighted by molar-refractivity contribution is -0.131. The molecule has 1 rings (SSSR count). The molecule has 5 nitrogen and oxygen atoms in total. The summed E-state index contributed by atoms with van der Waals surface area (Å²) in [7, 11) is 0. The first-order valence-corrected chi connectivity index (χ1v) is 8.66. The fraction of sp³-hybridized carbons (Fsp3) is 0.688. The van der Waals surface area contributed by atoms with Crippen molar-refractivity contribution in [3.63, 3.8) is 0 Å². The molecule has 1 heterocycles. The minimum atomic E-state index is -0.497. The van der Waals surface area contributed by atoms with E-state index in [1.165, 1.54) is 22.7 Å². The van der Waals surface area contributed by atoms with E-state index >= 15 is 0 Å². The van der Waals surface area contributed by atoms with E-state index in [-0.39, 0.29) is 35.9 Å². The second kappa shape index (κ2) is 7.81. The Balaban J connectivity index is 2.78. The lowest BCUT2D eigenvalue weighted by Gasteiger charge is -2.21. The van der Waals surface area contributed by atoms with Crippen LogP contribution in [0.25, 0.3) is 0 Å². The third-order valence-corrected chi connectivity index (χ3v) is 4.58. The molecule has 2 amide bonds. The van der Waals surface area contributed by atoms with Crippen LogP contribution in [-0.2, 0) is 14.4 Å². The molecule has 0 saturated carbocycles. The molecule has 1 fully saturated rings. The van der Waals surface area contributed by atoms with Gasteiger partial charge in [-0.1, -0.05) is 46.4 Å². The van der Waals surface area contributed by atoms with Gasteiger partial charge in [-0.2, -0.15) is 0 Å². The zero-order valence-corrected chi connectivity index (χ0v) is 14.9. The van der Waals surface area contributed by atoms with E-state index in [4.69, 9.17) is 0 Å². The van der Waals surface area contributed by atoms with E-state index in [2.05, 4.69) is 5.32 Å². The smallest absolute Gasteiger partial charge is 0.240 e. The summed E-state index contributed by atoms with van der Waals surface area (Å²) in [6, 6.07) is 0.126. The van der Waals surface area contributed by atoms with Gasteiger partial charge in [0.1, 0.15) is 6.54 Å². The Morgan fingerprint density at radius 2 is 1.91 bits per heavy atom. The largest absolute Gasteiger partial charge is 0.352 e. The van der Waals surface area contributed by atoms with Gasteiger partial charge in [-0.05, 0) is 12.8 Å². The number of hydrogen-bond donors (Lipinski definition) is 1. The van der Waals surface area contributed by atoms with Gasteiger partial charge in [0.15, 0.2) is 5.78 Å². The number of nitrogens with one attached hydrogen (secondary N) is 1. The highest BCUT2D eigenvalue weighted by atomic mass is 32.2. The van der Waals surface area contributed by atoms with Crippen LogP contribution in [-0.4, -0.2) is 40.8 Å². The highest BCUT2D eigenvalue weighted by molar-refractivity contribution is 8.04. The van der Waals surface area contributed by atoms with E-state index in [1.807, 2.05) is 34.6 Å². The maximum absolute atomic E-state index is 12.1. The molecule has 22 heavy (non-hydrogen) atoms. The van der Waals surface area contributed by atoms with Gasteiger partial charge in [-0.15, -0.1) is 0 Å². The Morgan fingerprint density at radius 3 is 2.41 bits per heavy atom. The Labute approximate surface area is 136 Å². The number of rotatable bonds is 6. The van der Waals surface area contributed by atoms with E-state index in [9.17, 15) is 14.4 Å². The van der Waals surface area contributed by atoms with Gasteiger partial charge in [0, 0.05) is 17.5 Å². The molecule has 1 aliphatic heterocycles. The minimum Gasteiger partial charge on any atom is -0.352 e. The molecular weight excluding hydrogens is 300 g/mol. The molecule has 0 spiro atoms. The van der Waals surface area contributed by atoms with Gasteiger partial charge in [-0.3, -0.25) is 19.3 Å². The van der Waals surface area contributed by atoms with Crippen molar-refractivity contribution in [3.05, 3.63) is 11.1 Å². The SMILES string of the molecule is CCC(CC)NC(=O)CN1C(=O)CS/C1=C\C(=O)C(C)(C)C. The lowest BCUT2D eigenvalue weighted by Crippen LogP contribution is -2.42. The number of nitrogens with zero attached hydrogens (tertiary/aromatic N) is 1. The molecule has 1 aliphatic rings. The fourth-order valence-electron chi connectivity index (χ4n) is 1.94. The highest BCUT2D eigenvalue weighted by Gasteiger charge is 2.31. The fourth-order valence-corrected chi connectivity index (χ4v) is 2.88. The van der Waals surface area contributed by atoms with Crippen molar-refractivity contribution >= 4 is 29.4 Å². The number of amides is 2. The number of ketones is 1. The second-order valence-corrected chi connectivity index (χ2v) is 7.44. The maximum Gasteiger partial charge on any atom is 0.240 e. The van der Waals surface area contributed by atoms with Crippen LogP contribution < -0.4 is 5.32 Å². The molecule has 0 aromatic heterocycles. The Hall–Kier alpha value is -1.30. The molecule has 6 heteroatoms. The summed E-state index contributed by atoms with van der Waals surface area (Å²) in [5.74, 6) is -0.0759. The van der Waals surface area contributed by atoms with Gasteiger partial charge in [0.2, 0.25) is 11.8 Å². The van der Waals surface area contributed by atoms with Crippen molar-refractivity contribution in [1.82, 2.24) is 10.2 Å². The van der Waals surface area contributed by atoms with Crippen LogP contribution in [0.15, 0.2) is 11.1 Å². The predicted octanol–water partition coefficient (Wildman–Crippen LogP) is 2.32. The van der Waals surface area contributed by atoms with Crippen LogP contribution in [0.2, 0.25) is 0 Å². The molecule has 0 radical (unpaired) electrons. The first-order valence-electron chi connectivity index (χ1n) is 7.67. The summed E-state index contributed by atoms with van der Waals surface area (Å²) >= 11 is 1.31. The zero-order valence-electron chi connectivity index (χ0n) is 14.1. The summed E-state index contributed by atoms with van der Waals surface area (Å²) < 4.78 is 0. The first-order chi connectivity index (χ1) is 10.2. The van der Waals surface area contributed by atoms with E-state index in [0.29, 0.717) is 5.03 Å². The van der Waals surface area contributed by atoms with Crippen molar-refractivity contribution in [3.8, 4) is 0 Å². The molecule has 124 valence electrons. The number of allylic oxidation sites excluding steroid dienone is 1. The van der Waals surface area contributed by atoms with Gasteiger partial charge in [0.05, 0.1) is 10.8 Å². The van der Waals surface area contributed by atoms with Crippen molar-refractivity contribution in [2.24, 2.45) is 5.41 Å². The van der Waals surface area contributed by atoms with Crippen LogP contribution in [0, 0.1) is 5.41 Å². The number of carbonyl (C=O) groups excluding carboxylic acids is 3. The van der Waals surface area contributed by atoms with Crippen LogP contribution in [0.5, 0.6) is 0 Å². The first kappa shape index (κ1) is 18.7. The van der Waals surface area contributed by atoms with Crippen LogP contribution in [0.1, 0.15) is 47.5 Å². The summed E-state index contributed by atoms with van der Waals surface area (Å²) in [6.45, 7) is 9.50. The van der Waals surface area contributed by atoms with Gasteiger partial charge in [-0.25, -0.2) is 0 Å². The average Bonchev–Trinajstić information content (AvgIpc) is 2.76. The average molecular weight is 326 g/mol. The van der Waals surface area contributed by atoms with Crippen LogP contribution in [0.3, 0.4) is 0 Å². The molecular formula is C16H26N2O3S. The zero-order chi connectivity index (χ0) is 16.9. The summed E-state index contributed by atoms with van der Waals surface area (Å²) in [4.78, 5) is 37.5. The van der Waals surface area contributed by atoms with Crippen LogP contribution >= 0.6 is 11.8 Å². The highest BCUT2D eigenvalue weighted by Crippen LogP contribution is 2.30.